The van der Waals surface area contributed by atoms with Gasteiger partial charge in [0.15, 0.2) is 12.1 Å². The molecule has 1 unspecified atom stereocenters. The average molecular weight is 256 g/mol. The molecule has 4 nitrogen and oxygen atoms in total. The van der Waals surface area contributed by atoms with Crippen molar-refractivity contribution in [2.24, 2.45) is 5.92 Å². The van der Waals surface area contributed by atoms with Gasteiger partial charge >= 0.3 is 0 Å². The van der Waals surface area contributed by atoms with Gasteiger partial charge in [-0.25, -0.2) is 0 Å². The van der Waals surface area contributed by atoms with E-state index in [1.807, 2.05) is 6.92 Å². The molecule has 1 saturated heterocycles. The second-order valence-corrected chi connectivity index (χ2v) is 5.15. The molecule has 1 aliphatic carbocycles. The second-order valence-electron chi connectivity index (χ2n) is 5.15. The maximum atomic E-state index is 9.62. The van der Waals surface area contributed by atoms with Crippen molar-refractivity contribution in [1.29, 1.82) is 0 Å². The second kappa shape index (κ2) is 6.15. The first-order valence-electron chi connectivity index (χ1n) is 6.90. The molecule has 1 atom stereocenters. The van der Waals surface area contributed by atoms with Gasteiger partial charge in [-0.3, -0.25) is 0 Å². The third-order valence-corrected chi connectivity index (χ3v) is 3.93. The summed E-state index contributed by atoms with van der Waals surface area (Å²) in [6, 6.07) is 0. The number of hydrogen-bond donors (Lipinski definition) is 1. The summed E-state index contributed by atoms with van der Waals surface area (Å²) in [5.74, 6) is 0.147. The van der Waals surface area contributed by atoms with Crippen molar-refractivity contribution in [3.63, 3.8) is 0 Å². The van der Waals surface area contributed by atoms with Crippen LogP contribution in [-0.2, 0) is 14.2 Å². The SMILES string of the molecule is C=C(CC(O)OCC)C1CCC2(CC1)OCCO2. The third kappa shape index (κ3) is 3.32. The molecule has 104 valence electrons. The van der Waals surface area contributed by atoms with Gasteiger partial charge in [0, 0.05) is 25.9 Å². The molecule has 1 spiro atoms. The fourth-order valence-corrected chi connectivity index (χ4v) is 2.89. The van der Waals surface area contributed by atoms with E-state index in [2.05, 4.69) is 6.58 Å². The molecule has 1 heterocycles. The van der Waals surface area contributed by atoms with Crippen LogP contribution >= 0.6 is 0 Å². The number of hydrogen-bond acceptors (Lipinski definition) is 4. The summed E-state index contributed by atoms with van der Waals surface area (Å²) < 4.78 is 16.5. The maximum absolute atomic E-state index is 9.62. The molecular formula is C14H24O4. The number of ether oxygens (including phenoxy) is 3. The van der Waals surface area contributed by atoms with Gasteiger partial charge in [-0.15, -0.1) is 0 Å². The maximum Gasteiger partial charge on any atom is 0.168 e. The van der Waals surface area contributed by atoms with E-state index in [0.29, 0.717) is 32.2 Å². The van der Waals surface area contributed by atoms with Gasteiger partial charge in [0.2, 0.25) is 0 Å². The van der Waals surface area contributed by atoms with Gasteiger partial charge < -0.3 is 19.3 Å². The van der Waals surface area contributed by atoms with Crippen LogP contribution in [0.5, 0.6) is 0 Å². The summed E-state index contributed by atoms with van der Waals surface area (Å²) in [6.45, 7) is 7.94. The van der Waals surface area contributed by atoms with Gasteiger partial charge in [-0.05, 0) is 25.7 Å². The van der Waals surface area contributed by atoms with Crippen molar-refractivity contribution in [2.75, 3.05) is 19.8 Å². The first kappa shape index (κ1) is 14.0. The molecule has 0 bridgehead atoms. The molecule has 1 N–H and O–H groups in total. The predicted molar refractivity (Wildman–Crippen MR) is 68.0 cm³/mol. The van der Waals surface area contributed by atoms with E-state index in [9.17, 15) is 5.11 Å². The Labute approximate surface area is 109 Å². The monoisotopic (exact) mass is 256 g/mol. The van der Waals surface area contributed by atoms with E-state index in [0.717, 1.165) is 31.3 Å². The summed E-state index contributed by atoms with van der Waals surface area (Å²) in [7, 11) is 0. The summed E-state index contributed by atoms with van der Waals surface area (Å²) in [5, 5.41) is 9.62. The predicted octanol–water partition coefficient (Wildman–Crippen LogP) is 2.22. The van der Waals surface area contributed by atoms with Crippen LogP contribution in [-0.4, -0.2) is 37.0 Å². The van der Waals surface area contributed by atoms with Crippen molar-refractivity contribution in [1.82, 2.24) is 0 Å². The molecule has 0 radical (unpaired) electrons. The van der Waals surface area contributed by atoms with Gasteiger partial charge in [-0.1, -0.05) is 12.2 Å². The molecule has 2 rings (SSSR count). The van der Waals surface area contributed by atoms with Crippen molar-refractivity contribution in [2.45, 2.75) is 51.1 Å². The van der Waals surface area contributed by atoms with Crippen molar-refractivity contribution < 1.29 is 19.3 Å². The molecule has 1 saturated carbocycles. The highest BCUT2D eigenvalue weighted by Crippen LogP contribution is 2.41. The highest BCUT2D eigenvalue weighted by Gasteiger charge is 2.40. The molecule has 2 fully saturated rings. The molecule has 4 heteroatoms. The minimum absolute atomic E-state index is 0.310. The van der Waals surface area contributed by atoms with Crippen LogP contribution < -0.4 is 0 Å². The van der Waals surface area contributed by atoms with Crippen LogP contribution in [0.25, 0.3) is 0 Å². The quantitative estimate of drug-likeness (QED) is 0.605. The molecule has 1 aliphatic heterocycles. The van der Waals surface area contributed by atoms with E-state index in [4.69, 9.17) is 14.2 Å². The van der Waals surface area contributed by atoms with Crippen LogP contribution in [0.4, 0.5) is 0 Å². The van der Waals surface area contributed by atoms with Gasteiger partial charge in [0.05, 0.1) is 13.2 Å². The molecule has 0 aromatic heterocycles. The molecule has 0 aromatic carbocycles. The van der Waals surface area contributed by atoms with Crippen molar-refractivity contribution >= 4 is 0 Å². The van der Waals surface area contributed by atoms with Gasteiger partial charge in [0.25, 0.3) is 0 Å². The van der Waals surface area contributed by atoms with E-state index >= 15 is 0 Å². The summed E-state index contributed by atoms with van der Waals surface area (Å²) in [4.78, 5) is 0. The summed E-state index contributed by atoms with van der Waals surface area (Å²) in [6.07, 6.45) is 3.74. The molecule has 0 aromatic rings. The Morgan fingerprint density at radius 3 is 2.56 bits per heavy atom. The largest absolute Gasteiger partial charge is 0.368 e. The molecule has 18 heavy (non-hydrogen) atoms. The minimum atomic E-state index is -0.711. The average Bonchev–Trinajstić information content (AvgIpc) is 2.78. The highest BCUT2D eigenvalue weighted by atomic mass is 16.7. The van der Waals surface area contributed by atoms with Crippen LogP contribution in [0, 0.1) is 5.92 Å². The fourth-order valence-electron chi connectivity index (χ4n) is 2.89. The zero-order chi connectivity index (χ0) is 13.0. The smallest absolute Gasteiger partial charge is 0.168 e. The Morgan fingerprint density at radius 2 is 2.00 bits per heavy atom. The lowest BCUT2D eigenvalue weighted by molar-refractivity contribution is -0.181. The van der Waals surface area contributed by atoms with Crippen LogP contribution in [0.2, 0.25) is 0 Å². The third-order valence-electron chi connectivity index (χ3n) is 3.93. The lowest BCUT2D eigenvalue weighted by Crippen LogP contribution is -2.35. The lowest BCUT2D eigenvalue weighted by Gasteiger charge is -2.36. The van der Waals surface area contributed by atoms with E-state index in [-0.39, 0.29) is 5.79 Å². The van der Waals surface area contributed by atoms with E-state index < -0.39 is 6.29 Å². The van der Waals surface area contributed by atoms with Crippen LogP contribution in [0.1, 0.15) is 39.0 Å². The lowest BCUT2D eigenvalue weighted by atomic mass is 9.80. The molecule has 2 aliphatic rings. The zero-order valence-corrected chi connectivity index (χ0v) is 11.2. The highest BCUT2D eigenvalue weighted by molar-refractivity contribution is 5.04. The standard InChI is InChI=1S/C14H24O4/c1-3-16-13(15)10-11(2)12-4-6-14(7-5-12)17-8-9-18-14/h12-13,15H,2-10H2,1H3. The Hall–Kier alpha value is -0.420. The summed E-state index contributed by atoms with van der Waals surface area (Å²) >= 11 is 0. The number of rotatable bonds is 5. The van der Waals surface area contributed by atoms with Gasteiger partial charge in [-0.2, -0.15) is 0 Å². The minimum Gasteiger partial charge on any atom is -0.368 e. The van der Waals surface area contributed by atoms with Crippen molar-refractivity contribution in [3.05, 3.63) is 12.2 Å². The van der Waals surface area contributed by atoms with Gasteiger partial charge in [0.1, 0.15) is 0 Å². The van der Waals surface area contributed by atoms with Crippen molar-refractivity contribution in [3.8, 4) is 0 Å². The normalized spacial score (nSPS) is 25.4. The Balaban J connectivity index is 1.76. The Kier molecular flexibility index (Phi) is 4.78. The molecular weight excluding hydrogens is 232 g/mol. The topological polar surface area (TPSA) is 47.9 Å². The number of aliphatic hydroxyl groups excluding tert-OH is 1. The Bertz CT molecular complexity index is 274. The Morgan fingerprint density at radius 1 is 1.39 bits per heavy atom. The first-order chi connectivity index (χ1) is 8.65. The van der Waals surface area contributed by atoms with E-state index in [1.165, 1.54) is 0 Å². The first-order valence-corrected chi connectivity index (χ1v) is 6.90. The van der Waals surface area contributed by atoms with E-state index in [1.54, 1.807) is 0 Å². The summed E-state index contributed by atoms with van der Waals surface area (Å²) in [5.41, 5.74) is 1.09. The fraction of sp³-hybridized carbons (Fsp3) is 0.857. The zero-order valence-electron chi connectivity index (χ0n) is 11.2. The van der Waals surface area contributed by atoms with Crippen LogP contribution in [0.3, 0.4) is 0 Å². The molecule has 0 amide bonds. The number of aliphatic hydroxyl groups is 1. The van der Waals surface area contributed by atoms with Crippen LogP contribution in [0.15, 0.2) is 12.2 Å².